The summed E-state index contributed by atoms with van der Waals surface area (Å²) in [5, 5.41) is 3.72. The molecule has 1 fully saturated rings. The summed E-state index contributed by atoms with van der Waals surface area (Å²) in [6.07, 6.45) is 5.17. The highest BCUT2D eigenvalue weighted by atomic mass is 35.5. The summed E-state index contributed by atoms with van der Waals surface area (Å²) >= 11 is 12.3. The summed E-state index contributed by atoms with van der Waals surface area (Å²) < 4.78 is 26.5. The first-order valence-electron chi connectivity index (χ1n) is 12.5. The zero-order valence-corrected chi connectivity index (χ0v) is 24.1. The molecule has 0 bridgehead atoms. The molecule has 2 aromatic carbocycles. The standard InChI is InChI=1S/C27H33Cl2N3O5S/c1-4-25(27(35)30-21-9-5-6-10-21)31(16-19-12-13-23(28)24(29)14-19)26(34)17-32(38(3,36)37)22-11-7-8-20(15-22)18(2)33/h7-8,11-15,21,25H,4-6,9-10,16-17H2,1-3H3,(H,30,35). The van der Waals surface area contributed by atoms with Crippen molar-refractivity contribution in [3.8, 4) is 0 Å². The molecule has 3 rings (SSSR count). The van der Waals surface area contributed by atoms with Gasteiger partial charge >= 0.3 is 0 Å². The second-order valence-corrected chi connectivity index (χ2v) is 12.3. The van der Waals surface area contributed by atoms with Crippen LogP contribution in [0.3, 0.4) is 0 Å². The zero-order valence-electron chi connectivity index (χ0n) is 21.7. The monoisotopic (exact) mass is 581 g/mol. The average molecular weight is 583 g/mol. The molecule has 0 saturated heterocycles. The van der Waals surface area contributed by atoms with Crippen LogP contribution in [0.15, 0.2) is 42.5 Å². The number of carbonyl (C=O) groups excluding carboxylic acids is 3. The number of hydrogen-bond donors (Lipinski definition) is 1. The molecule has 1 unspecified atom stereocenters. The lowest BCUT2D eigenvalue weighted by Gasteiger charge is -2.33. The zero-order chi connectivity index (χ0) is 28.0. The first-order valence-corrected chi connectivity index (χ1v) is 15.1. The molecule has 2 aromatic rings. The number of carbonyl (C=O) groups is 3. The minimum Gasteiger partial charge on any atom is -0.352 e. The van der Waals surface area contributed by atoms with E-state index in [-0.39, 0.29) is 30.0 Å². The predicted molar refractivity (Wildman–Crippen MR) is 150 cm³/mol. The van der Waals surface area contributed by atoms with Crippen molar-refractivity contribution in [2.45, 2.75) is 64.6 Å². The summed E-state index contributed by atoms with van der Waals surface area (Å²) in [6.45, 7) is 2.66. The van der Waals surface area contributed by atoms with Crippen LogP contribution in [0.2, 0.25) is 10.0 Å². The fraction of sp³-hybridized carbons (Fsp3) is 0.444. The van der Waals surface area contributed by atoms with E-state index >= 15 is 0 Å². The maximum Gasteiger partial charge on any atom is 0.244 e. The lowest BCUT2D eigenvalue weighted by Crippen LogP contribution is -2.53. The normalized spacial score (nSPS) is 14.7. The van der Waals surface area contributed by atoms with Gasteiger partial charge in [0.25, 0.3) is 0 Å². The van der Waals surface area contributed by atoms with Crippen molar-refractivity contribution in [3.63, 3.8) is 0 Å². The quantitative estimate of drug-likeness (QED) is 0.383. The van der Waals surface area contributed by atoms with Gasteiger partial charge in [0.2, 0.25) is 21.8 Å². The second-order valence-electron chi connectivity index (χ2n) is 9.56. The Bertz CT molecular complexity index is 1300. The van der Waals surface area contributed by atoms with Gasteiger partial charge in [0.05, 0.1) is 22.0 Å². The highest BCUT2D eigenvalue weighted by Crippen LogP contribution is 2.26. The van der Waals surface area contributed by atoms with Crippen LogP contribution in [0.25, 0.3) is 0 Å². The molecule has 1 aliphatic rings. The number of amides is 2. The molecule has 2 amide bonds. The fourth-order valence-corrected chi connectivity index (χ4v) is 5.78. The van der Waals surface area contributed by atoms with Gasteiger partial charge in [-0.1, -0.05) is 61.2 Å². The molecular weight excluding hydrogens is 549 g/mol. The van der Waals surface area contributed by atoms with Crippen LogP contribution in [0.1, 0.15) is 61.9 Å². The molecule has 1 atom stereocenters. The average Bonchev–Trinajstić information content (AvgIpc) is 3.36. The number of sulfonamides is 1. The Morgan fingerprint density at radius 2 is 1.74 bits per heavy atom. The van der Waals surface area contributed by atoms with Gasteiger partial charge < -0.3 is 10.2 Å². The maximum atomic E-state index is 13.8. The number of hydrogen-bond acceptors (Lipinski definition) is 5. The van der Waals surface area contributed by atoms with E-state index in [2.05, 4.69) is 5.32 Å². The number of rotatable bonds is 11. The van der Waals surface area contributed by atoms with Crippen molar-refractivity contribution in [3.05, 3.63) is 63.6 Å². The Morgan fingerprint density at radius 1 is 1.05 bits per heavy atom. The first-order chi connectivity index (χ1) is 17.9. The largest absolute Gasteiger partial charge is 0.352 e. The number of nitrogens with one attached hydrogen (secondary N) is 1. The van der Waals surface area contributed by atoms with Gasteiger partial charge in [0.15, 0.2) is 5.78 Å². The minimum atomic E-state index is -3.91. The van der Waals surface area contributed by atoms with E-state index in [9.17, 15) is 22.8 Å². The van der Waals surface area contributed by atoms with E-state index < -0.39 is 28.5 Å². The van der Waals surface area contributed by atoms with Crippen molar-refractivity contribution in [1.82, 2.24) is 10.2 Å². The summed E-state index contributed by atoms with van der Waals surface area (Å²) in [4.78, 5) is 40.4. The number of halogens is 2. The minimum absolute atomic E-state index is 0.0252. The Labute approximate surface area is 234 Å². The van der Waals surface area contributed by atoms with Crippen LogP contribution in [0.4, 0.5) is 5.69 Å². The first kappa shape index (κ1) is 29.9. The Hall–Kier alpha value is -2.62. The van der Waals surface area contributed by atoms with Crippen LogP contribution >= 0.6 is 23.2 Å². The topological polar surface area (TPSA) is 104 Å². The maximum absolute atomic E-state index is 13.8. The van der Waals surface area contributed by atoms with Crippen molar-refractivity contribution in [2.75, 3.05) is 17.1 Å². The van der Waals surface area contributed by atoms with E-state index in [1.165, 1.54) is 24.0 Å². The van der Waals surface area contributed by atoms with E-state index in [1.807, 2.05) is 0 Å². The Kier molecular flexibility index (Phi) is 10.2. The van der Waals surface area contributed by atoms with Gasteiger partial charge in [-0.3, -0.25) is 18.7 Å². The molecule has 11 heteroatoms. The van der Waals surface area contributed by atoms with Gasteiger partial charge in [-0.05, 0) is 56.0 Å². The van der Waals surface area contributed by atoms with E-state index in [4.69, 9.17) is 23.2 Å². The molecular formula is C27H33Cl2N3O5S. The van der Waals surface area contributed by atoms with Gasteiger partial charge in [-0.25, -0.2) is 8.42 Å². The molecule has 0 aromatic heterocycles. The lowest BCUT2D eigenvalue weighted by molar-refractivity contribution is -0.140. The van der Waals surface area contributed by atoms with Crippen molar-refractivity contribution in [1.29, 1.82) is 0 Å². The summed E-state index contributed by atoms with van der Waals surface area (Å²) in [5.74, 6) is -1.08. The molecule has 1 aliphatic carbocycles. The SMILES string of the molecule is CCC(C(=O)NC1CCCC1)N(Cc1ccc(Cl)c(Cl)c1)C(=O)CN(c1cccc(C(C)=O)c1)S(C)(=O)=O. The summed E-state index contributed by atoms with van der Waals surface area (Å²) in [6, 6.07) is 10.3. The number of anilines is 1. The Balaban J connectivity index is 1.96. The highest BCUT2D eigenvalue weighted by Gasteiger charge is 2.33. The van der Waals surface area contributed by atoms with Crippen LogP contribution < -0.4 is 9.62 Å². The van der Waals surface area contributed by atoms with Crippen molar-refractivity contribution < 1.29 is 22.8 Å². The molecule has 8 nitrogen and oxygen atoms in total. The van der Waals surface area contributed by atoms with Gasteiger partial charge in [0.1, 0.15) is 12.6 Å². The number of benzene rings is 2. The van der Waals surface area contributed by atoms with E-state index in [0.717, 1.165) is 36.2 Å². The molecule has 1 saturated carbocycles. The van der Waals surface area contributed by atoms with Crippen LogP contribution in [-0.2, 0) is 26.2 Å². The fourth-order valence-electron chi connectivity index (χ4n) is 4.62. The van der Waals surface area contributed by atoms with Gasteiger partial charge in [-0.15, -0.1) is 0 Å². The number of nitrogens with zero attached hydrogens (tertiary/aromatic N) is 2. The predicted octanol–water partition coefficient (Wildman–Crippen LogP) is 4.83. The third-order valence-electron chi connectivity index (χ3n) is 6.64. The van der Waals surface area contributed by atoms with E-state index in [0.29, 0.717) is 27.6 Å². The van der Waals surface area contributed by atoms with Crippen LogP contribution in [0.5, 0.6) is 0 Å². The van der Waals surface area contributed by atoms with Crippen molar-refractivity contribution >= 4 is 56.5 Å². The molecule has 0 spiro atoms. The van der Waals surface area contributed by atoms with Crippen molar-refractivity contribution in [2.24, 2.45) is 0 Å². The number of Topliss-reactive ketones (excluding diaryl/α,β-unsaturated/α-hetero) is 1. The van der Waals surface area contributed by atoms with Gasteiger partial charge in [0, 0.05) is 18.2 Å². The molecule has 0 aliphatic heterocycles. The molecule has 0 heterocycles. The second kappa shape index (κ2) is 13.0. The third-order valence-corrected chi connectivity index (χ3v) is 8.52. The summed E-state index contributed by atoms with van der Waals surface area (Å²) in [5.41, 5.74) is 1.15. The lowest BCUT2D eigenvalue weighted by atomic mass is 10.1. The molecule has 38 heavy (non-hydrogen) atoms. The third kappa shape index (κ3) is 7.71. The molecule has 0 radical (unpaired) electrons. The van der Waals surface area contributed by atoms with Crippen LogP contribution in [-0.4, -0.2) is 55.8 Å². The molecule has 1 N–H and O–H groups in total. The number of ketones is 1. The molecule has 206 valence electrons. The van der Waals surface area contributed by atoms with Crippen LogP contribution in [0, 0.1) is 0 Å². The van der Waals surface area contributed by atoms with Gasteiger partial charge in [-0.2, -0.15) is 0 Å². The van der Waals surface area contributed by atoms with E-state index in [1.54, 1.807) is 37.3 Å². The smallest absolute Gasteiger partial charge is 0.244 e. The highest BCUT2D eigenvalue weighted by molar-refractivity contribution is 7.92. The summed E-state index contributed by atoms with van der Waals surface area (Å²) in [7, 11) is -3.91. The Morgan fingerprint density at radius 3 is 2.32 bits per heavy atom.